The highest BCUT2D eigenvalue weighted by atomic mass is 32.2. The van der Waals surface area contributed by atoms with Crippen LogP contribution in [0, 0.1) is 11.6 Å². The van der Waals surface area contributed by atoms with E-state index in [0.717, 1.165) is 19.6 Å². The molecule has 1 aliphatic rings. The zero-order chi connectivity index (χ0) is 22.7. The molecule has 3 aromatic rings. The number of piperazine rings is 1. The van der Waals surface area contributed by atoms with Crippen molar-refractivity contribution in [3.05, 3.63) is 60.2 Å². The van der Waals surface area contributed by atoms with E-state index in [-0.39, 0.29) is 22.8 Å². The SMILES string of the molecule is CCN1CCN(C(=O)[C@@H](C)Sc2nnc(-c3ccc(F)cc3)n2-c2ccc(F)cc2)CC1. The van der Waals surface area contributed by atoms with Crippen molar-refractivity contribution >= 4 is 17.7 Å². The number of carbonyl (C=O) groups is 1. The van der Waals surface area contributed by atoms with Gasteiger partial charge in [-0.15, -0.1) is 10.2 Å². The fraction of sp³-hybridized carbons (Fsp3) is 0.348. The highest BCUT2D eigenvalue weighted by Crippen LogP contribution is 2.31. The zero-order valence-corrected chi connectivity index (χ0v) is 18.9. The van der Waals surface area contributed by atoms with Crippen LogP contribution in [0.1, 0.15) is 13.8 Å². The molecule has 0 aliphatic carbocycles. The topological polar surface area (TPSA) is 54.3 Å². The van der Waals surface area contributed by atoms with Gasteiger partial charge in [-0.2, -0.15) is 0 Å². The Bertz CT molecular complexity index is 1060. The monoisotopic (exact) mass is 457 g/mol. The first-order valence-corrected chi connectivity index (χ1v) is 11.5. The summed E-state index contributed by atoms with van der Waals surface area (Å²) in [5.41, 5.74) is 1.33. The smallest absolute Gasteiger partial charge is 0.235 e. The number of nitrogens with zero attached hydrogens (tertiary/aromatic N) is 5. The van der Waals surface area contributed by atoms with Crippen LogP contribution in [0.25, 0.3) is 17.1 Å². The lowest BCUT2D eigenvalue weighted by atomic mass is 10.2. The Balaban J connectivity index is 1.61. The molecule has 4 rings (SSSR count). The largest absolute Gasteiger partial charge is 0.339 e. The Hall–Kier alpha value is -2.78. The van der Waals surface area contributed by atoms with Gasteiger partial charge >= 0.3 is 0 Å². The number of likely N-dealkylation sites (N-methyl/N-ethyl adjacent to an activating group) is 1. The minimum atomic E-state index is -0.368. The van der Waals surface area contributed by atoms with E-state index >= 15 is 0 Å². The third-order valence-corrected chi connectivity index (χ3v) is 6.61. The molecule has 0 saturated carbocycles. The molecule has 168 valence electrons. The second-order valence-electron chi connectivity index (χ2n) is 7.64. The van der Waals surface area contributed by atoms with Crippen LogP contribution in [0.2, 0.25) is 0 Å². The average molecular weight is 458 g/mol. The molecule has 2 heterocycles. The van der Waals surface area contributed by atoms with Crippen LogP contribution >= 0.6 is 11.8 Å². The summed E-state index contributed by atoms with van der Waals surface area (Å²) in [4.78, 5) is 17.3. The van der Waals surface area contributed by atoms with Crippen LogP contribution in [0.3, 0.4) is 0 Å². The molecule has 0 bridgehead atoms. The molecule has 1 atom stereocenters. The van der Waals surface area contributed by atoms with Gasteiger partial charge in [0.2, 0.25) is 5.91 Å². The number of halogens is 2. The van der Waals surface area contributed by atoms with Crippen molar-refractivity contribution in [2.24, 2.45) is 0 Å². The fourth-order valence-electron chi connectivity index (χ4n) is 3.71. The van der Waals surface area contributed by atoms with Gasteiger partial charge in [0.1, 0.15) is 11.6 Å². The van der Waals surface area contributed by atoms with Gasteiger partial charge in [0.05, 0.1) is 5.25 Å². The number of rotatable bonds is 6. The summed E-state index contributed by atoms with van der Waals surface area (Å²) in [6.07, 6.45) is 0. The number of hydrogen-bond donors (Lipinski definition) is 0. The van der Waals surface area contributed by atoms with E-state index in [9.17, 15) is 13.6 Å². The van der Waals surface area contributed by atoms with Gasteiger partial charge in [0.15, 0.2) is 11.0 Å². The maximum Gasteiger partial charge on any atom is 0.235 e. The second-order valence-corrected chi connectivity index (χ2v) is 8.95. The predicted molar refractivity (Wildman–Crippen MR) is 121 cm³/mol. The van der Waals surface area contributed by atoms with Gasteiger partial charge in [-0.1, -0.05) is 18.7 Å². The van der Waals surface area contributed by atoms with Crippen molar-refractivity contribution in [3.8, 4) is 17.1 Å². The van der Waals surface area contributed by atoms with Crippen molar-refractivity contribution in [2.75, 3.05) is 32.7 Å². The van der Waals surface area contributed by atoms with Gasteiger partial charge in [-0.05, 0) is 62.0 Å². The molecule has 0 unspecified atom stereocenters. The molecule has 1 aliphatic heterocycles. The van der Waals surface area contributed by atoms with Crippen molar-refractivity contribution in [1.82, 2.24) is 24.6 Å². The molecule has 0 N–H and O–H groups in total. The van der Waals surface area contributed by atoms with E-state index in [1.54, 1.807) is 28.8 Å². The van der Waals surface area contributed by atoms with E-state index < -0.39 is 0 Å². The van der Waals surface area contributed by atoms with Gasteiger partial charge in [0.25, 0.3) is 0 Å². The van der Waals surface area contributed by atoms with Crippen LogP contribution in [0.5, 0.6) is 0 Å². The van der Waals surface area contributed by atoms with Crippen LogP contribution in [-0.4, -0.2) is 68.4 Å². The second kappa shape index (κ2) is 9.79. The molecule has 1 aromatic heterocycles. The van der Waals surface area contributed by atoms with E-state index in [2.05, 4.69) is 22.0 Å². The number of thioether (sulfide) groups is 1. The van der Waals surface area contributed by atoms with Crippen LogP contribution < -0.4 is 0 Å². The maximum absolute atomic E-state index is 13.5. The summed E-state index contributed by atoms with van der Waals surface area (Å²) in [5, 5.41) is 8.77. The van der Waals surface area contributed by atoms with Crippen LogP contribution in [0.15, 0.2) is 53.7 Å². The highest BCUT2D eigenvalue weighted by Gasteiger charge is 2.27. The number of aromatic nitrogens is 3. The number of hydrogen-bond acceptors (Lipinski definition) is 5. The Morgan fingerprint density at radius 1 is 0.969 bits per heavy atom. The Morgan fingerprint density at radius 2 is 1.56 bits per heavy atom. The maximum atomic E-state index is 13.5. The summed E-state index contributed by atoms with van der Waals surface area (Å²) in [7, 11) is 0. The lowest BCUT2D eigenvalue weighted by molar-refractivity contribution is -0.132. The highest BCUT2D eigenvalue weighted by molar-refractivity contribution is 8.00. The minimum absolute atomic E-state index is 0.0581. The molecule has 32 heavy (non-hydrogen) atoms. The summed E-state index contributed by atoms with van der Waals surface area (Å²) in [5.74, 6) is -0.147. The fourth-order valence-corrected chi connectivity index (χ4v) is 4.66. The Morgan fingerprint density at radius 3 is 2.16 bits per heavy atom. The summed E-state index contributed by atoms with van der Waals surface area (Å²) >= 11 is 1.31. The average Bonchev–Trinajstić information content (AvgIpc) is 3.23. The Kier molecular flexibility index (Phi) is 6.86. The van der Waals surface area contributed by atoms with Gasteiger partial charge < -0.3 is 9.80 Å². The van der Waals surface area contributed by atoms with Crippen molar-refractivity contribution in [2.45, 2.75) is 24.3 Å². The van der Waals surface area contributed by atoms with Crippen molar-refractivity contribution in [1.29, 1.82) is 0 Å². The molecule has 1 fully saturated rings. The third-order valence-electron chi connectivity index (χ3n) is 5.58. The molecule has 1 amide bonds. The summed E-state index contributed by atoms with van der Waals surface area (Å²) in [6.45, 7) is 8.14. The van der Waals surface area contributed by atoms with Crippen molar-refractivity contribution in [3.63, 3.8) is 0 Å². The summed E-state index contributed by atoms with van der Waals surface area (Å²) in [6, 6.07) is 11.9. The van der Waals surface area contributed by atoms with Crippen LogP contribution in [0.4, 0.5) is 8.78 Å². The van der Waals surface area contributed by atoms with Crippen molar-refractivity contribution < 1.29 is 13.6 Å². The standard InChI is InChI=1S/C23H25F2N5OS/c1-3-28-12-14-29(15-13-28)22(31)16(2)32-23-27-26-21(17-4-6-18(24)7-5-17)30(23)20-10-8-19(25)9-11-20/h4-11,16H,3,12-15H2,1-2H3/t16-/m1/s1. The number of benzene rings is 2. The normalized spacial score (nSPS) is 15.7. The third kappa shape index (κ3) is 4.83. The quantitative estimate of drug-likeness (QED) is 0.526. The molecular formula is C23H25F2N5OS. The predicted octanol–water partition coefficient (Wildman–Crippen LogP) is 3.86. The van der Waals surface area contributed by atoms with E-state index in [1.165, 1.54) is 36.0 Å². The van der Waals surface area contributed by atoms with E-state index in [0.29, 0.717) is 35.3 Å². The summed E-state index contributed by atoms with van der Waals surface area (Å²) < 4.78 is 28.7. The molecule has 2 aromatic carbocycles. The first-order chi connectivity index (χ1) is 15.5. The molecule has 1 saturated heterocycles. The molecule has 6 nitrogen and oxygen atoms in total. The molecular weight excluding hydrogens is 432 g/mol. The minimum Gasteiger partial charge on any atom is -0.339 e. The lowest BCUT2D eigenvalue weighted by Gasteiger charge is -2.35. The first kappa shape index (κ1) is 22.4. The lowest BCUT2D eigenvalue weighted by Crippen LogP contribution is -2.50. The first-order valence-electron chi connectivity index (χ1n) is 10.6. The molecule has 0 radical (unpaired) electrons. The number of carbonyl (C=O) groups excluding carboxylic acids is 1. The van der Waals surface area contributed by atoms with Crippen LogP contribution in [-0.2, 0) is 4.79 Å². The van der Waals surface area contributed by atoms with E-state index in [4.69, 9.17) is 0 Å². The zero-order valence-electron chi connectivity index (χ0n) is 18.0. The molecule has 0 spiro atoms. The number of amides is 1. The van der Waals surface area contributed by atoms with Gasteiger partial charge in [-0.25, -0.2) is 8.78 Å². The Labute approximate surface area is 190 Å². The van der Waals surface area contributed by atoms with Gasteiger partial charge in [-0.3, -0.25) is 9.36 Å². The molecule has 9 heteroatoms. The van der Waals surface area contributed by atoms with Gasteiger partial charge in [0, 0.05) is 37.4 Å². The van der Waals surface area contributed by atoms with E-state index in [1.807, 2.05) is 11.8 Å².